The van der Waals surface area contributed by atoms with Gasteiger partial charge < -0.3 is 24.5 Å². The van der Waals surface area contributed by atoms with Gasteiger partial charge in [-0.2, -0.15) is 0 Å². The van der Waals surface area contributed by atoms with Crippen LogP contribution in [0.3, 0.4) is 0 Å². The van der Waals surface area contributed by atoms with Crippen molar-refractivity contribution in [3.63, 3.8) is 0 Å². The van der Waals surface area contributed by atoms with E-state index in [0.717, 1.165) is 18.4 Å². The van der Waals surface area contributed by atoms with Gasteiger partial charge in [0.15, 0.2) is 0 Å². The van der Waals surface area contributed by atoms with Crippen LogP contribution in [0.2, 0.25) is 5.02 Å². The van der Waals surface area contributed by atoms with Crippen LogP contribution in [0.1, 0.15) is 51.5 Å². The van der Waals surface area contributed by atoms with Crippen molar-refractivity contribution < 1.29 is 24.2 Å². The van der Waals surface area contributed by atoms with Gasteiger partial charge in [-0.25, -0.2) is 0 Å². The number of ether oxygens (including phenoxy) is 1. The molecular formula is C37H46ClN3O5. The summed E-state index contributed by atoms with van der Waals surface area (Å²) < 4.78 is 7.01. The summed E-state index contributed by atoms with van der Waals surface area (Å²) in [5.74, 6) is -2.45. The van der Waals surface area contributed by atoms with Gasteiger partial charge in [0, 0.05) is 31.9 Å². The lowest BCUT2D eigenvalue weighted by atomic mass is 9.62. The molecule has 3 heterocycles. The van der Waals surface area contributed by atoms with E-state index < -0.39 is 29.1 Å². The molecule has 6 atom stereocenters. The molecule has 1 N–H and O–H groups in total. The minimum absolute atomic E-state index is 0.0958. The van der Waals surface area contributed by atoms with Crippen LogP contribution in [-0.4, -0.2) is 71.2 Å². The molecule has 0 aliphatic carbocycles. The molecule has 3 aliphatic rings. The van der Waals surface area contributed by atoms with Crippen LogP contribution in [0, 0.1) is 24.7 Å². The highest BCUT2D eigenvalue weighted by Crippen LogP contribution is 2.65. The maximum Gasteiger partial charge on any atom is 0.253 e. The molecule has 1 spiro atoms. The lowest BCUT2D eigenvalue weighted by Crippen LogP contribution is -2.57. The van der Waals surface area contributed by atoms with Crippen LogP contribution in [0.4, 0.5) is 11.4 Å². The Hall–Kier alpha value is -3.46. The first kappa shape index (κ1) is 33.9. The van der Waals surface area contributed by atoms with Crippen molar-refractivity contribution in [2.45, 2.75) is 70.1 Å². The number of amides is 3. The highest BCUT2D eigenvalue weighted by atomic mass is 35.5. The van der Waals surface area contributed by atoms with Gasteiger partial charge in [0.2, 0.25) is 11.8 Å². The maximum atomic E-state index is 15.0. The van der Waals surface area contributed by atoms with Crippen LogP contribution in [0.5, 0.6) is 0 Å². The number of aliphatic hydroxyl groups is 1. The summed E-state index contributed by atoms with van der Waals surface area (Å²) in [6.07, 6.45) is 6.74. The number of benzene rings is 2. The Morgan fingerprint density at radius 2 is 1.70 bits per heavy atom. The zero-order chi connectivity index (χ0) is 33.2. The van der Waals surface area contributed by atoms with Gasteiger partial charge in [-0.15, -0.1) is 13.2 Å². The van der Waals surface area contributed by atoms with Crippen molar-refractivity contribution in [1.29, 1.82) is 0 Å². The van der Waals surface area contributed by atoms with E-state index in [1.54, 1.807) is 32.9 Å². The third-order valence-electron chi connectivity index (χ3n) is 10.3. The van der Waals surface area contributed by atoms with Crippen LogP contribution in [0.15, 0.2) is 73.8 Å². The first-order valence-corrected chi connectivity index (χ1v) is 16.7. The first-order valence-electron chi connectivity index (χ1n) is 16.3. The number of unbranched alkanes of at least 4 members (excludes halogenated alkanes) is 3. The fourth-order valence-corrected chi connectivity index (χ4v) is 8.47. The SMILES string of the molecule is C=CCN(C(=O)[C@@H]1[C@H]2C(=O)N(CCCCCCO)C(C(=O)N(CC=C)c3c(C)cccc3Cl)C23CC(C)[C@@]1(C)O3)c1ccccc1. The molecule has 3 amide bonds. The number of carbonyl (C=O) groups is 3. The number of hydrogen-bond acceptors (Lipinski definition) is 5. The first-order chi connectivity index (χ1) is 22.1. The summed E-state index contributed by atoms with van der Waals surface area (Å²) in [6, 6.07) is 13.9. The smallest absolute Gasteiger partial charge is 0.253 e. The van der Waals surface area contributed by atoms with Gasteiger partial charge in [0.1, 0.15) is 11.6 Å². The quantitative estimate of drug-likeness (QED) is 0.202. The summed E-state index contributed by atoms with van der Waals surface area (Å²) in [4.78, 5) is 49.4. The highest BCUT2D eigenvalue weighted by Gasteiger charge is 2.80. The molecule has 0 saturated carbocycles. The minimum Gasteiger partial charge on any atom is -0.396 e. The summed E-state index contributed by atoms with van der Waals surface area (Å²) >= 11 is 6.71. The van der Waals surface area contributed by atoms with Gasteiger partial charge in [0.25, 0.3) is 5.91 Å². The number of fused-ring (bicyclic) bond motifs is 1. The number of carbonyl (C=O) groups excluding carboxylic acids is 3. The van der Waals surface area contributed by atoms with Crippen molar-refractivity contribution in [3.05, 3.63) is 84.4 Å². The molecule has 0 radical (unpaired) electrons. The summed E-state index contributed by atoms with van der Waals surface area (Å²) in [7, 11) is 0. The number of aliphatic hydroxyl groups excluding tert-OH is 1. The number of para-hydroxylation sites is 2. The Labute approximate surface area is 277 Å². The summed E-state index contributed by atoms with van der Waals surface area (Å²) in [5, 5.41) is 9.71. The molecule has 46 heavy (non-hydrogen) atoms. The van der Waals surface area contributed by atoms with Crippen LogP contribution in [0.25, 0.3) is 0 Å². The van der Waals surface area contributed by atoms with E-state index >= 15 is 4.79 Å². The molecule has 2 aromatic carbocycles. The standard InChI is InChI=1S/C37H46ClN3O5/c1-6-20-39(27-17-11-10-12-18-27)33(43)29-30-34(44)41(22-13-8-9-14-23-42)32(37(30)24-26(4)36(29,5)46-37)35(45)40(21-7-2)31-25(3)16-15-19-28(31)38/h6-7,10-12,15-19,26,29-30,32,42H,1-2,8-9,13-14,20-24H2,3-5H3/t26?,29-,30-,32?,36+,37?/m0/s1. The number of aryl methyl sites for hydroxylation is 1. The molecular weight excluding hydrogens is 602 g/mol. The third-order valence-corrected chi connectivity index (χ3v) is 10.6. The fourth-order valence-electron chi connectivity index (χ4n) is 8.14. The average Bonchev–Trinajstić information content (AvgIpc) is 3.55. The second kappa shape index (κ2) is 13.7. The monoisotopic (exact) mass is 647 g/mol. The lowest BCUT2D eigenvalue weighted by molar-refractivity contribution is -0.145. The number of halogens is 1. The molecule has 3 unspecified atom stereocenters. The van der Waals surface area contributed by atoms with Gasteiger partial charge >= 0.3 is 0 Å². The Morgan fingerprint density at radius 1 is 1.02 bits per heavy atom. The maximum absolute atomic E-state index is 15.0. The Kier molecular flexibility index (Phi) is 10.1. The molecule has 0 aromatic heterocycles. The van der Waals surface area contributed by atoms with Crippen molar-refractivity contribution in [3.8, 4) is 0 Å². The Balaban J connectivity index is 1.61. The van der Waals surface area contributed by atoms with E-state index in [0.29, 0.717) is 42.2 Å². The molecule has 2 aromatic rings. The predicted molar refractivity (Wildman–Crippen MR) is 182 cm³/mol. The average molecular weight is 648 g/mol. The molecule has 3 aliphatic heterocycles. The van der Waals surface area contributed by atoms with Crippen molar-refractivity contribution >= 4 is 40.7 Å². The van der Waals surface area contributed by atoms with E-state index in [1.165, 1.54) is 0 Å². The van der Waals surface area contributed by atoms with E-state index in [1.807, 2.05) is 56.3 Å². The molecule has 3 fully saturated rings. The zero-order valence-electron chi connectivity index (χ0n) is 27.2. The van der Waals surface area contributed by atoms with E-state index in [9.17, 15) is 14.7 Å². The van der Waals surface area contributed by atoms with E-state index in [-0.39, 0.29) is 43.3 Å². The molecule has 246 valence electrons. The van der Waals surface area contributed by atoms with E-state index in [4.69, 9.17) is 16.3 Å². The van der Waals surface area contributed by atoms with Crippen LogP contribution >= 0.6 is 11.6 Å². The largest absolute Gasteiger partial charge is 0.396 e. The minimum atomic E-state index is -1.20. The predicted octanol–water partition coefficient (Wildman–Crippen LogP) is 5.95. The van der Waals surface area contributed by atoms with Gasteiger partial charge in [-0.3, -0.25) is 14.4 Å². The van der Waals surface area contributed by atoms with Crippen molar-refractivity contribution in [1.82, 2.24) is 4.90 Å². The number of nitrogens with zero attached hydrogens (tertiary/aromatic N) is 3. The van der Waals surface area contributed by atoms with Crippen LogP contribution < -0.4 is 9.80 Å². The number of anilines is 2. The van der Waals surface area contributed by atoms with Gasteiger partial charge in [-0.05, 0) is 62.8 Å². The number of likely N-dealkylation sites (tertiary alicyclic amines) is 1. The molecule has 8 nitrogen and oxygen atoms in total. The summed E-state index contributed by atoms with van der Waals surface area (Å²) in [6.45, 7) is 14.6. The Morgan fingerprint density at radius 3 is 2.35 bits per heavy atom. The summed E-state index contributed by atoms with van der Waals surface area (Å²) in [5.41, 5.74) is -0.0417. The Bertz CT molecular complexity index is 1460. The molecule has 5 rings (SSSR count). The zero-order valence-corrected chi connectivity index (χ0v) is 27.9. The van der Waals surface area contributed by atoms with Gasteiger partial charge in [-0.1, -0.05) is 73.9 Å². The molecule has 2 bridgehead atoms. The normalized spacial score (nSPS) is 27.8. The number of rotatable bonds is 14. The topological polar surface area (TPSA) is 90.4 Å². The number of hydrogen-bond donors (Lipinski definition) is 1. The van der Waals surface area contributed by atoms with Gasteiger partial charge in [0.05, 0.1) is 28.1 Å². The lowest BCUT2D eigenvalue weighted by Gasteiger charge is -2.39. The van der Waals surface area contributed by atoms with E-state index in [2.05, 4.69) is 20.1 Å². The molecule has 9 heteroatoms. The fraction of sp³-hybridized carbons (Fsp3) is 0.486. The van der Waals surface area contributed by atoms with Crippen molar-refractivity contribution in [2.24, 2.45) is 17.8 Å². The molecule has 3 saturated heterocycles. The third kappa shape index (κ3) is 5.58. The second-order valence-electron chi connectivity index (χ2n) is 13.1. The highest BCUT2D eigenvalue weighted by molar-refractivity contribution is 6.34. The van der Waals surface area contributed by atoms with Crippen molar-refractivity contribution in [2.75, 3.05) is 36.0 Å². The van der Waals surface area contributed by atoms with Crippen LogP contribution in [-0.2, 0) is 19.1 Å². The second-order valence-corrected chi connectivity index (χ2v) is 13.5.